The predicted octanol–water partition coefficient (Wildman–Crippen LogP) is 4.30. The van der Waals surface area contributed by atoms with E-state index in [1.807, 2.05) is 31.2 Å². The summed E-state index contributed by atoms with van der Waals surface area (Å²) in [4.78, 5) is 0. The van der Waals surface area contributed by atoms with Gasteiger partial charge in [0.15, 0.2) is 0 Å². The van der Waals surface area contributed by atoms with Crippen LogP contribution in [-0.2, 0) is 0 Å². The van der Waals surface area contributed by atoms with Crippen LogP contribution in [-0.4, -0.2) is 13.2 Å². The maximum Gasteiger partial charge on any atom is 0.123 e. The Balaban J connectivity index is 1.90. The molecule has 0 heterocycles. The van der Waals surface area contributed by atoms with Gasteiger partial charge in [0.1, 0.15) is 17.3 Å². The molecule has 1 atom stereocenters. The second kappa shape index (κ2) is 8.04. The monoisotopic (exact) mass is 299 g/mol. The van der Waals surface area contributed by atoms with Gasteiger partial charge in [-0.25, -0.2) is 4.39 Å². The Labute approximate surface area is 129 Å². The number of halogens is 1. The highest BCUT2D eigenvalue weighted by Crippen LogP contribution is 2.22. The van der Waals surface area contributed by atoms with Crippen molar-refractivity contribution in [3.63, 3.8) is 0 Å². The Bertz CT molecular complexity index is 634. The van der Waals surface area contributed by atoms with Crippen molar-refractivity contribution in [2.24, 2.45) is 0 Å². The van der Waals surface area contributed by atoms with Gasteiger partial charge in [-0.15, -0.1) is 0 Å². The van der Waals surface area contributed by atoms with Gasteiger partial charge in [-0.3, -0.25) is 0 Å². The van der Waals surface area contributed by atoms with Crippen LogP contribution in [0, 0.1) is 17.1 Å². The minimum absolute atomic E-state index is 0.301. The van der Waals surface area contributed by atoms with Gasteiger partial charge in [0.05, 0.1) is 25.2 Å². The standard InChI is InChI=1S/C18H18FNO2/c1-2-21-17-4-3-5-18(12-17)22-11-10-15(13-20)14-6-8-16(19)9-7-14/h3-9,12,15H,2,10-11H2,1H3. The third-order valence-electron chi connectivity index (χ3n) is 3.22. The maximum absolute atomic E-state index is 12.9. The van der Waals surface area contributed by atoms with Crippen molar-refractivity contribution >= 4 is 0 Å². The fourth-order valence-corrected chi connectivity index (χ4v) is 2.12. The summed E-state index contributed by atoms with van der Waals surface area (Å²) in [5.74, 6) is 0.859. The lowest BCUT2D eigenvalue weighted by atomic mass is 9.98. The molecule has 1 unspecified atom stereocenters. The van der Waals surface area contributed by atoms with Crippen LogP contribution in [0.1, 0.15) is 24.8 Å². The molecule has 0 saturated heterocycles. The first kappa shape index (κ1) is 15.8. The van der Waals surface area contributed by atoms with Crippen LogP contribution in [0.2, 0.25) is 0 Å². The van der Waals surface area contributed by atoms with Crippen molar-refractivity contribution in [3.05, 3.63) is 59.9 Å². The number of rotatable bonds is 7. The molecule has 114 valence electrons. The zero-order valence-electron chi connectivity index (χ0n) is 12.5. The Morgan fingerprint density at radius 3 is 2.41 bits per heavy atom. The molecule has 2 aromatic carbocycles. The van der Waals surface area contributed by atoms with Crippen LogP contribution in [0.15, 0.2) is 48.5 Å². The highest BCUT2D eigenvalue weighted by Gasteiger charge is 2.11. The van der Waals surface area contributed by atoms with Gasteiger partial charge in [0.25, 0.3) is 0 Å². The molecule has 0 amide bonds. The summed E-state index contributed by atoms with van der Waals surface area (Å²) in [6, 6.07) is 15.6. The lowest BCUT2D eigenvalue weighted by Crippen LogP contribution is -2.04. The van der Waals surface area contributed by atoms with Gasteiger partial charge < -0.3 is 9.47 Å². The van der Waals surface area contributed by atoms with E-state index in [0.717, 1.165) is 11.3 Å². The number of benzene rings is 2. The average molecular weight is 299 g/mol. The summed E-state index contributed by atoms with van der Waals surface area (Å²) in [5, 5.41) is 9.24. The van der Waals surface area contributed by atoms with Crippen LogP contribution in [0.5, 0.6) is 11.5 Å². The predicted molar refractivity (Wildman–Crippen MR) is 82.5 cm³/mol. The lowest BCUT2D eigenvalue weighted by Gasteiger charge is -2.11. The largest absolute Gasteiger partial charge is 0.494 e. The molecular weight excluding hydrogens is 281 g/mol. The number of ether oxygens (including phenoxy) is 2. The van der Waals surface area contributed by atoms with Crippen molar-refractivity contribution in [2.75, 3.05) is 13.2 Å². The Kier molecular flexibility index (Phi) is 5.79. The molecule has 0 spiro atoms. The topological polar surface area (TPSA) is 42.2 Å². The molecule has 0 N–H and O–H groups in total. The molecule has 0 aliphatic carbocycles. The fraction of sp³-hybridized carbons (Fsp3) is 0.278. The molecule has 0 bridgehead atoms. The van der Waals surface area contributed by atoms with Crippen LogP contribution >= 0.6 is 0 Å². The molecule has 2 aromatic rings. The van der Waals surface area contributed by atoms with Gasteiger partial charge in [-0.05, 0) is 36.8 Å². The van der Waals surface area contributed by atoms with Gasteiger partial charge in [-0.1, -0.05) is 18.2 Å². The van der Waals surface area contributed by atoms with Crippen molar-refractivity contribution < 1.29 is 13.9 Å². The molecular formula is C18H18FNO2. The normalized spacial score (nSPS) is 11.5. The fourth-order valence-electron chi connectivity index (χ4n) is 2.12. The van der Waals surface area contributed by atoms with Crippen LogP contribution in [0.3, 0.4) is 0 Å². The molecule has 0 aliphatic heterocycles. The summed E-state index contributed by atoms with van der Waals surface area (Å²) in [5.41, 5.74) is 0.801. The SMILES string of the molecule is CCOc1cccc(OCCC(C#N)c2ccc(F)cc2)c1. The number of nitriles is 1. The van der Waals surface area contributed by atoms with Crippen LogP contribution in [0.4, 0.5) is 4.39 Å². The zero-order chi connectivity index (χ0) is 15.8. The molecule has 0 aromatic heterocycles. The highest BCUT2D eigenvalue weighted by atomic mass is 19.1. The molecule has 0 aliphatic rings. The van der Waals surface area contributed by atoms with Gasteiger partial charge in [-0.2, -0.15) is 5.26 Å². The van der Waals surface area contributed by atoms with E-state index in [2.05, 4.69) is 6.07 Å². The molecule has 2 rings (SSSR count). The van der Waals surface area contributed by atoms with E-state index in [0.29, 0.717) is 25.4 Å². The zero-order valence-corrected chi connectivity index (χ0v) is 12.5. The highest BCUT2D eigenvalue weighted by molar-refractivity contribution is 5.33. The Morgan fingerprint density at radius 1 is 1.09 bits per heavy atom. The summed E-state index contributed by atoms with van der Waals surface area (Å²) in [7, 11) is 0. The Hall–Kier alpha value is -2.54. The smallest absolute Gasteiger partial charge is 0.123 e. The van der Waals surface area contributed by atoms with E-state index in [-0.39, 0.29) is 11.7 Å². The first-order valence-corrected chi connectivity index (χ1v) is 7.23. The van der Waals surface area contributed by atoms with E-state index in [4.69, 9.17) is 9.47 Å². The second-order valence-corrected chi connectivity index (χ2v) is 4.78. The maximum atomic E-state index is 12.9. The third kappa shape index (κ3) is 4.49. The van der Waals surface area contributed by atoms with Crippen molar-refractivity contribution in [1.82, 2.24) is 0 Å². The quantitative estimate of drug-likeness (QED) is 0.765. The van der Waals surface area contributed by atoms with E-state index in [9.17, 15) is 9.65 Å². The summed E-state index contributed by atoms with van der Waals surface area (Å²) in [6.45, 7) is 2.93. The molecule has 22 heavy (non-hydrogen) atoms. The first-order valence-electron chi connectivity index (χ1n) is 7.23. The molecule has 0 fully saturated rings. The molecule has 4 heteroatoms. The summed E-state index contributed by atoms with van der Waals surface area (Å²) >= 11 is 0. The minimum Gasteiger partial charge on any atom is -0.494 e. The van der Waals surface area contributed by atoms with E-state index in [1.54, 1.807) is 12.1 Å². The number of hydrogen-bond donors (Lipinski definition) is 0. The summed E-state index contributed by atoms with van der Waals surface area (Å²) < 4.78 is 24.0. The third-order valence-corrected chi connectivity index (χ3v) is 3.22. The van der Waals surface area contributed by atoms with Gasteiger partial charge in [0, 0.05) is 12.5 Å². The van der Waals surface area contributed by atoms with Crippen LogP contribution in [0.25, 0.3) is 0 Å². The Morgan fingerprint density at radius 2 is 1.77 bits per heavy atom. The second-order valence-electron chi connectivity index (χ2n) is 4.78. The average Bonchev–Trinajstić information content (AvgIpc) is 2.53. The van der Waals surface area contributed by atoms with E-state index < -0.39 is 0 Å². The van der Waals surface area contributed by atoms with Crippen molar-refractivity contribution in [3.8, 4) is 17.6 Å². The van der Waals surface area contributed by atoms with Crippen LogP contribution < -0.4 is 9.47 Å². The molecule has 0 radical (unpaired) electrons. The number of hydrogen-bond acceptors (Lipinski definition) is 3. The molecule has 3 nitrogen and oxygen atoms in total. The molecule has 0 saturated carbocycles. The van der Waals surface area contributed by atoms with Crippen molar-refractivity contribution in [1.29, 1.82) is 5.26 Å². The van der Waals surface area contributed by atoms with E-state index >= 15 is 0 Å². The van der Waals surface area contributed by atoms with Gasteiger partial charge >= 0.3 is 0 Å². The summed E-state index contributed by atoms with van der Waals surface area (Å²) in [6.07, 6.45) is 0.543. The number of nitrogens with zero attached hydrogens (tertiary/aromatic N) is 1. The van der Waals surface area contributed by atoms with E-state index in [1.165, 1.54) is 12.1 Å². The van der Waals surface area contributed by atoms with Crippen molar-refractivity contribution in [2.45, 2.75) is 19.3 Å². The lowest BCUT2D eigenvalue weighted by molar-refractivity contribution is 0.300. The minimum atomic E-state index is -0.310. The van der Waals surface area contributed by atoms with Gasteiger partial charge in [0.2, 0.25) is 0 Å². The first-order chi connectivity index (χ1) is 10.7.